The molecule has 2 aliphatic rings. The maximum Gasteiger partial charge on any atom is 0.0485 e. The van der Waals surface area contributed by atoms with Crippen LogP contribution in [0.4, 0.5) is 0 Å². The molecule has 2 heteroatoms. The SMILES string of the molecule is Cc1c2c(n3ccccc13)CCCC2N1CCCCC1. The van der Waals surface area contributed by atoms with E-state index in [9.17, 15) is 0 Å². The van der Waals surface area contributed by atoms with Gasteiger partial charge in [0.05, 0.1) is 0 Å². The van der Waals surface area contributed by atoms with E-state index in [4.69, 9.17) is 0 Å². The minimum atomic E-state index is 0.680. The van der Waals surface area contributed by atoms with Crippen molar-refractivity contribution in [3.05, 3.63) is 41.2 Å². The molecule has 2 nitrogen and oxygen atoms in total. The van der Waals surface area contributed by atoms with Crippen molar-refractivity contribution in [1.82, 2.24) is 9.30 Å². The fraction of sp³-hybridized carbons (Fsp3) is 0.556. The number of hydrogen-bond acceptors (Lipinski definition) is 1. The lowest BCUT2D eigenvalue weighted by atomic mass is 9.88. The molecule has 3 heterocycles. The highest BCUT2D eigenvalue weighted by Gasteiger charge is 2.31. The number of aryl methyl sites for hydroxylation is 2. The summed E-state index contributed by atoms with van der Waals surface area (Å²) in [6.07, 6.45) is 10.4. The summed E-state index contributed by atoms with van der Waals surface area (Å²) in [5.74, 6) is 0. The lowest BCUT2D eigenvalue weighted by Gasteiger charge is -2.37. The van der Waals surface area contributed by atoms with E-state index in [-0.39, 0.29) is 0 Å². The van der Waals surface area contributed by atoms with Gasteiger partial charge in [0.2, 0.25) is 0 Å². The molecule has 1 atom stereocenters. The van der Waals surface area contributed by atoms with Crippen molar-refractivity contribution in [2.45, 2.75) is 51.5 Å². The molecule has 0 aromatic carbocycles. The topological polar surface area (TPSA) is 7.65 Å². The van der Waals surface area contributed by atoms with Gasteiger partial charge in [-0.3, -0.25) is 4.90 Å². The minimum absolute atomic E-state index is 0.680. The maximum absolute atomic E-state index is 2.76. The number of hydrogen-bond donors (Lipinski definition) is 0. The first-order valence-electron chi connectivity index (χ1n) is 8.19. The third kappa shape index (κ3) is 1.81. The van der Waals surface area contributed by atoms with E-state index in [1.807, 2.05) is 0 Å². The molecule has 2 aromatic heterocycles. The van der Waals surface area contributed by atoms with Crippen LogP contribution in [0.25, 0.3) is 5.52 Å². The predicted octanol–water partition coefficient (Wildman–Crippen LogP) is 4.11. The summed E-state index contributed by atoms with van der Waals surface area (Å²) in [4.78, 5) is 2.76. The molecule has 4 rings (SSSR count). The van der Waals surface area contributed by atoms with Gasteiger partial charge in [0.25, 0.3) is 0 Å². The van der Waals surface area contributed by atoms with E-state index >= 15 is 0 Å². The zero-order chi connectivity index (χ0) is 13.5. The molecule has 1 fully saturated rings. The van der Waals surface area contributed by atoms with E-state index in [1.54, 1.807) is 11.3 Å². The third-order valence-corrected chi connectivity index (χ3v) is 5.31. The summed E-state index contributed by atoms with van der Waals surface area (Å²) in [5.41, 5.74) is 6.18. The van der Waals surface area contributed by atoms with Crippen molar-refractivity contribution in [3.8, 4) is 0 Å². The average Bonchev–Trinajstić information content (AvgIpc) is 2.82. The van der Waals surface area contributed by atoms with Crippen LogP contribution in [0.15, 0.2) is 24.4 Å². The van der Waals surface area contributed by atoms with Gasteiger partial charge in [-0.1, -0.05) is 12.5 Å². The summed E-state index contributed by atoms with van der Waals surface area (Å²) < 4.78 is 2.45. The largest absolute Gasteiger partial charge is 0.320 e. The lowest BCUT2D eigenvalue weighted by molar-refractivity contribution is 0.148. The summed E-state index contributed by atoms with van der Waals surface area (Å²) >= 11 is 0. The van der Waals surface area contributed by atoms with Crippen LogP contribution in [0.2, 0.25) is 0 Å². The molecule has 0 N–H and O–H groups in total. The molecule has 2 aromatic rings. The van der Waals surface area contributed by atoms with Gasteiger partial charge in [0, 0.05) is 23.4 Å². The molecule has 106 valence electrons. The van der Waals surface area contributed by atoms with Crippen molar-refractivity contribution in [1.29, 1.82) is 0 Å². The summed E-state index contributed by atoms with van der Waals surface area (Å²) in [7, 11) is 0. The normalized spacial score (nSPS) is 23.9. The summed E-state index contributed by atoms with van der Waals surface area (Å²) in [5, 5.41) is 0. The Morgan fingerprint density at radius 2 is 1.90 bits per heavy atom. The Kier molecular flexibility index (Phi) is 3.07. The molecule has 1 aliphatic carbocycles. The highest BCUT2D eigenvalue weighted by Crippen LogP contribution is 2.40. The number of nitrogens with zero attached hydrogens (tertiary/aromatic N) is 2. The van der Waals surface area contributed by atoms with Crippen molar-refractivity contribution < 1.29 is 0 Å². The first-order chi connectivity index (χ1) is 9.86. The lowest BCUT2D eigenvalue weighted by Crippen LogP contribution is -2.35. The Morgan fingerprint density at radius 3 is 2.75 bits per heavy atom. The quantitative estimate of drug-likeness (QED) is 0.755. The van der Waals surface area contributed by atoms with Crippen LogP contribution < -0.4 is 0 Å². The zero-order valence-electron chi connectivity index (χ0n) is 12.4. The molecule has 0 radical (unpaired) electrons. The molecule has 0 spiro atoms. The molecule has 0 bridgehead atoms. The van der Waals surface area contributed by atoms with Crippen molar-refractivity contribution in [2.75, 3.05) is 13.1 Å². The number of likely N-dealkylation sites (tertiary alicyclic amines) is 1. The summed E-state index contributed by atoms with van der Waals surface area (Å²) in [6, 6.07) is 7.29. The zero-order valence-corrected chi connectivity index (χ0v) is 12.4. The molecule has 20 heavy (non-hydrogen) atoms. The van der Waals surface area contributed by atoms with E-state index < -0.39 is 0 Å². The van der Waals surface area contributed by atoms with E-state index in [1.165, 1.54) is 62.7 Å². The van der Waals surface area contributed by atoms with Gasteiger partial charge in [0.15, 0.2) is 0 Å². The maximum atomic E-state index is 2.76. The second-order valence-electron chi connectivity index (χ2n) is 6.45. The predicted molar refractivity (Wildman–Crippen MR) is 83.2 cm³/mol. The van der Waals surface area contributed by atoms with Gasteiger partial charge in [0.1, 0.15) is 0 Å². The Labute approximate surface area is 121 Å². The van der Waals surface area contributed by atoms with Crippen LogP contribution in [0.5, 0.6) is 0 Å². The molecular formula is C18H24N2. The van der Waals surface area contributed by atoms with Gasteiger partial charge in [-0.15, -0.1) is 0 Å². The highest BCUT2D eigenvalue weighted by atomic mass is 15.2. The molecular weight excluding hydrogens is 244 g/mol. The standard InChI is InChI=1S/C18H24N2/c1-14-15-8-3-6-13-20(15)17-10-7-9-16(18(14)17)19-11-4-2-5-12-19/h3,6,8,13,16H,2,4-5,7,9-12H2,1H3. The summed E-state index contributed by atoms with van der Waals surface area (Å²) in [6.45, 7) is 4.93. The van der Waals surface area contributed by atoms with Crippen LogP contribution in [0.1, 0.15) is 55.0 Å². The van der Waals surface area contributed by atoms with Crippen molar-refractivity contribution in [2.24, 2.45) is 0 Å². The number of pyridine rings is 1. The number of piperidine rings is 1. The highest BCUT2D eigenvalue weighted by molar-refractivity contribution is 5.62. The van der Waals surface area contributed by atoms with Gasteiger partial charge >= 0.3 is 0 Å². The number of rotatable bonds is 1. The fourth-order valence-corrected chi connectivity index (χ4v) is 4.37. The Morgan fingerprint density at radius 1 is 1.05 bits per heavy atom. The van der Waals surface area contributed by atoms with Crippen molar-refractivity contribution in [3.63, 3.8) is 0 Å². The van der Waals surface area contributed by atoms with E-state index in [0.717, 1.165) is 0 Å². The molecule has 0 amide bonds. The van der Waals surface area contributed by atoms with Crippen LogP contribution in [0, 0.1) is 6.92 Å². The first-order valence-corrected chi connectivity index (χ1v) is 8.19. The van der Waals surface area contributed by atoms with E-state index in [0.29, 0.717) is 6.04 Å². The van der Waals surface area contributed by atoms with Crippen LogP contribution in [0.3, 0.4) is 0 Å². The van der Waals surface area contributed by atoms with Gasteiger partial charge in [-0.25, -0.2) is 0 Å². The third-order valence-electron chi connectivity index (χ3n) is 5.31. The first kappa shape index (κ1) is 12.5. The Hall–Kier alpha value is -1.28. The molecule has 0 saturated carbocycles. The van der Waals surface area contributed by atoms with Gasteiger partial charge in [-0.2, -0.15) is 0 Å². The van der Waals surface area contributed by atoms with Crippen molar-refractivity contribution >= 4 is 5.52 Å². The Bertz CT molecular complexity index is 620. The molecule has 1 aliphatic heterocycles. The number of fused-ring (bicyclic) bond motifs is 3. The van der Waals surface area contributed by atoms with Gasteiger partial charge < -0.3 is 4.40 Å². The van der Waals surface area contributed by atoms with E-state index in [2.05, 4.69) is 40.6 Å². The smallest absolute Gasteiger partial charge is 0.0485 e. The average molecular weight is 268 g/mol. The molecule has 1 saturated heterocycles. The molecule has 1 unspecified atom stereocenters. The van der Waals surface area contributed by atoms with Crippen LogP contribution >= 0.6 is 0 Å². The fourth-order valence-electron chi connectivity index (χ4n) is 4.37. The second-order valence-corrected chi connectivity index (χ2v) is 6.45. The van der Waals surface area contributed by atoms with Crippen LogP contribution in [-0.2, 0) is 6.42 Å². The Balaban J connectivity index is 1.83. The minimum Gasteiger partial charge on any atom is -0.320 e. The monoisotopic (exact) mass is 268 g/mol. The van der Waals surface area contributed by atoms with Crippen LogP contribution in [-0.4, -0.2) is 22.4 Å². The number of aromatic nitrogens is 1. The van der Waals surface area contributed by atoms with Gasteiger partial charge in [-0.05, 0) is 75.4 Å². The second kappa shape index (κ2) is 4.92.